The highest BCUT2D eigenvalue weighted by molar-refractivity contribution is 7.84. The summed E-state index contributed by atoms with van der Waals surface area (Å²) in [6, 6.07) is 0. The van der Waals surface area contributed by atoms with Crippen LogP contribution in [0.3, 0.4) is 0 Å². The summed E-state index contributed by atoms with van der Waals surface area (Å²) in [5, 5.41) is 8.53. The molecule has 0 aliphatic rings. The Morgan fingerprint density at radius 1 is 1.88 bits per heavy atom. The second kappa shape index (κ2) is 3.61. The van der Waals surface area contributed by atoms with Crippen molar-refractivity contribution < 1.29 is 5.11 Å². The van der Waals surface area contributed by atoms with Crippen LogP contribution in [0.15, 0.2) is 23.3 Å². The van der Waals surface area contributed by atoms with Crippen LogP contribution in [-0.4, -0.2) is 5.11 Å². The van der Waals surface area contributed by atoms with E-state index in [9.17, 15) is 0 Å². The highest BCUT2D eigenvalue weighted by Gasteiger charge is 1.83. The number of aliphatic hydroxyl groups is 1. The van der Waals surface area contributed by atoms with Gasteiger partial charge in [0.25, 0.3) is 0 Å². The molecular formula is C6H10OS. The molecule has 1 N–H and O–H groups in total. The van der Waals surface area contributed by atoms with Crippen LogP contribution in [-0.2, 0) is 0 Å². The molecule has 0 fully saturated rings. The topological polar surface area (TPSA) is 20.2 Å². The Morgan fingerprint density at radius 2 is 2.38 bits per heavy atom. The smallest absolute Gasteiger partial charge is 0.109 e. The molecule has 1 nitrogen and oxygen atoms in total. The largest absolute Gasteiger partial charge is 0.509 e. The third-order valence-electron chi connectivity index (χ3n) is 0.695. The molecule has 0 saturated heterocycles. The third kappa shape index (κ3) is 3.81. The Labute approximate surface area is 55.1 Å². The minimum Gasteiger partial charge on any atom is -0.509 e. The average molecular weight is 130 g/mol. The van der Waals surface area contributed by atoms with E-state index in [0.717, 1.165) is 11.3 Å². The molecule has 0 unspecified atom stereocenters. The van der Waals surface area contributed by atoms with Crippen molar-refractivity contribution >= 4 is 12.6 Å². The third-order valence-corrected chi connectivity index (χ3v) is 1.14. The van der Waals surface area contributed by atoms with Crippen molar-refractivity contribution in [2.75, 3.05) is 0 Å². The molecule has 0 aromatic carbocycles. The van der Waals surface area contributed by atoms with Crippen molar-refractivity contribution in [1.29, 1.82) is 0 Å². The molecule has 0 bridgehead atoms. The molecule has 8 heavy (non-hydrogen) atoms. The quantitative estimate of drug-likeness (QED) is 0.334. The SMILES string of the molecule is C=C(O)/C=C(\S)CC. The normalized spacial score (nSPS) is 11.5. The minimum atomic E-state index is 0.0665. The van der Waals surface area contributed by atoms with E-state index >= 15 is 0 Å². The standard InChI is InChI=1S/C6H10OS/c1-3-6(8)4-5(2)7/h4,7-8H,2-3H2,1H3/b6-4-. The number of rotatable bonds is 2. The average Bonchev–Trinajstić information content (AvgIpc) is 1.65. The fourth-order valence-electron chi connectivity index (χ4n) is 0.294. The molecule has 0 aromatic rings. The molecule has 0 aliphatic carbocycles. The van der Waals surface area contributed by atoms with Crippen LogP contribution in [0, 0.1) is 0 Å². The Morgan fingerprint density at radius 3 is 2.50 bits per heavy atom. The van der Waals surface area contributed by atoms with Gasteiger partial charge in [0.15, 0.2) is 0 Å². The lowest BCUT2D eigenvalue weighted by Gasteiger charge is -1.90. The van der Waals surface area contributed by atoms with E-state index in [2.05, 4.69) is 19.2 Å². The van der Waals surface area contributed by atoms with Gasteiger partial charge in [0.1, 0.15) is 5.76 Å². The number of hydrogen-bond acceptors (Lipinski definition) is 2. The van der Waals surface area contributed by atoms with E-state index in [1.54, 1.807) is 0 Å². The number of thiol groups is 1. The summed E-state index contributed by atoms with van der Waals surface area (Å²) >= 11 is 4.01. The van der Waals surface area contributed by atoms with E-state index in [1.807, 2.05) is 6.92 Å². The summed E-state index contributed by atoms with van der Waals surface area (Å²) < 4.78 is 0. The van der Waals surface area contributed by atoms with Gasteiger partial charge in [-0.25, -0.2) is 0 Å². The second-order valence-electron chi connectivity index (χ2n) is 1.48. The molecule has 46 valence electrons. The van der Waals surface area contributed by atoms with Crippen LogP contribution in [0.4, 0.5) is 0 Å². The maximum absolute atomic E-state index is 8.53. The van der Waals surface area contributed by atoms with Crippen LogP contribution in [0.25, 0.3) is 0 Å². The van der Waals surface area contributed by atoms with Crippen LogP contribution in [0.2, 0.25) is 0 Å². The lowest BCUT2D eigenvalue weighted by Crippen LogP contribution is -1.71. The zero-order valence-corrected chi connectivity index (χ0v) is 5.78. The molecule has 0 amide bonds. The molecule has 0 spiro atoms. The lowest BCUT2D eigenvalue weighted by atomic mass is 10.4. The molecule has 0 aromatic heterocycles. The van der Waals surface area contributed by atoms with Crippen molar-refractivity contribution in [3.63, 3.8) is 0 Å². The van der Waals surface area contributed by atoms with Gasteiger partial charge in [0.2, 0.25) is 0 Å². The fraction of sp³-hybridized carbons (Fsp3) is 0.333. The number of hydrogen-bond donors (Lipinski definition) is 2. The van der Waals surface area contributed by atoms with Gasteiger partial charge in [0, 0.05) is 0 Å². The Kier molecular flexibility index (Phi) is 3.44. The Hall–Kier alpha value is -0.370. The second-order valence-corrected chi connectivity index (χ2v) is 2.05. The summed E-state index contributed by atoms with van der Waals surface area (Å²) in [5.74, 6) is 0.0665. The number of allylic oxidation sites excluding steroid dienone is 2. The molecule has 0 heterocycles. The highest BCUT2D eigenvalue weighted by atomic mass is 32.1. The van der Waals surface area contributed by atoms with Gasteiger partial charge in [-0.3, -0.25) is 0 Å². The van der Waals surface area contributed by atoms with Gasteiger partial charge in [-0.05, 0) is 17.4 Å². The van der Waals surface area contributed by atoms with Crippen molar-refractivity contribution in [3.8, 4) is 0 Å². The predicted molar refractivity (Wildman–Crippen MR) is 39.1 cm³/mol. The molecule has 0 aliphatic heterocycles. The Balaban J connectivity index is 3.75. The first-order valence-electron chi connectivity index (χ1n) is 2.44. The van der Waals surface area contributed by atoms with Gasteiger partial charge >= 0.3 is 0 Å². The molecule has 2 heteroatoms. The first-order chi connectivity index (χ1) is 3.66. The van der Waals surface area contributed by atoms with Gasteiger partial charge in [-0.2, -0.15) is 0 Å². The summed E-state index contributed by atoms with van der Waals surface area (Å²) in [5.41, 5.74) is 0. The highest BCUT2D eigenvalue weighted by Crippen LogP contribution is 2.06. The molecule has 0 saturated carbocycles. The minimum absolute atomic E-state index is 0.0665. The first-order valence-corrected chi connectivity index (χ1v) is 2.89. The van der Waals surface area contributed by atoms with E-state index in [4.69, 9.17) is 5.11 Å². The van der Waals surface area contributed by atoms with Crippen LogP contribution < -0.4 is 0 Å². The van der Waals surface area contributed by atoms with Gasteiger partial charge in [-0.15, -0.1) is 12.6 Å². The first kappa shape index (κ1) is 7.63. The van der Waals surface area contributed by atoms with Crippen LogP contribution in [0.1, 0.15) is 13.3 Å². The van der Waals surface area contributed by atoms with Gasteiger partial charge in [-0.1, -0.05) is 13.5 Å². The summed E-state index contributed by atoms with van der Waals surface area (Å²) in [7, 11) is 0. The van der Waals surface area contributed by atoms with Crippen LogP contribution >= 0.6 is 12.6 Å². The fourth-order valence-corrected chi connectivity index (χ4v) is 0.443. The van der Waals surface area contributed by atoms with E-state index < -0.39 is 0 Å². The van der Waals surface area contributed by atoms with E-state index in [0.29, 0.717) is 0 Å². The summed E-state index contributed by atoms with van der Waals surface area (Å²) in [4.78, 5) is 0.845. The number of aliphatic hydroxyl groups excluding tert-OH is 1. The van der Waals surface area contributed by atoms with Crippen molar-refractivity contribution in [2.24, 2.45) is 0 Å². The molecule has 0 radical (unpaired) electrons. The maximum Gasteiger partial charge on any atom is 0.109 e. The maximum atomic E-state index is 8.53. The van der Waals surface area contributed by atoms with Gasteiger partial charge < -0.3 is 5.11 Å². The van der Waals surface area contributed by atoms with Gasteiger partial charge in [0.05, 0.1) is 0 Å². The van der Waals surface area contributed by atoms with E-state index in [-0.39, 0.29) is 5.76 Å². The molecular weight excluding hydrogens is 120 g/mol. The van der Waals surface area contributed by atoms with Crippen LogP contribution in [0.5, 0.6) is 0 Å². The molecule has 0 atom stereocenters. The summed E-state index contributed by atoms with van der Waals surface area (Å²) in [6.45, 7) is 5.23. The van der Waals surface area contributed by atoms with Crippen molar-refractivity contribution in [1.82, 2.24) is 0 Å². The van der Waals surface area contributed by atoms with Crippen molar-refractivity contribution in [3.05, 3.63) is 23.3 Å². The zero-order chi connectivity index (χ0) is 6.57. The monoisotopic (exact) mass is 130 g/mol. The summed E-state index contributed by atoms with van der Waals surface area (Å²) in [6.07, 6.45) is 2.37. The molecule has 0 rings (SSSR count). The Bertz CT molecular complexity index is 116. The predicted octanol–water partition coefficient (Wildman–Crippen LogP) is 2.28. The zero-order valence-electron chi connectivity index (χ0n) is 4.89. The van der Waals surface area contributed by atoms with E-state index in [1.165, 1.54) is 6.08 Å². The lowest BCUT2D eigenvalue weighted by molar-refractivity contribution is 0.435. The van der Waals surface area contributed by atoms with Crippen molar-refractivity contribution in [2.45, 2.75) is 13.3 Å².